The van der Waals surface area contributed by atoms with Crippen LogP contribution in [0.25, 0.3) is 0 Å². The summed E-state index contributed by atoms with van der Waals surface area (Å²) >= 11 is 1.79. The third-order valence-corrected chi connectivity index (χ3v) is 5.13. The third kappa shape index (κ3) is 5.17. The van der Waals surface area contributed by atoms with Crippen LogP contribution in [-0.2, 0) is 6.42 Å². The molecule has 2 rings (SSSR count). The van der Waals surface area contributed by atoms with Crippen LogP contribution in [-0.4, -0.2) is 61.7 Å². The fraction of sp³-hybridized carbons (Fsp3) is 0.750. The summed E-state index contributed by atoms with van der Waals surface area (Å²) in [4.78, 5) is 5.22. The van der Waals surface area contributed by atoms with Gasteiger partial charge in [0.2, 0.25) is 0 Å². The Morgan fingerprint density at radius 1 is 1.25 bits per heavy atom. The predicted octanol–water partition coefficient (Wildman–Crippen LogP) is 2.30. The molecule has 3 nitrogen and oxygen atoms in total. The first-order valence-corrected chi connectivity index (χ1v) is 8.92. The number of nitrogens with zero attached hydrogens (tertiary/aromatic N) is 2. The van der Waals surface area contributed by atoms with E-state index in [0.717, 1.165) is 25.6 Å². The van der Waals surface area contributed by atoms with E-state index in [-0.39, 0.29) is 0 Å². The van der Waals surface area contributed by atoms with Gasteiger partial charge in [0, 0.05) is 45.3 Å². The zero-order valence-electron chi connectivity index (χ0n) is 13.0. The molecule has 1 aliphatic rings. The Kier molecular flexibility index (Phi) is 7.00. The van der Waals surface area contributed by atoms with Crippen molar-refractivity contribution in [3.05, 3.63) is 22.4 Å². The molecule has 2 heterocycles. The van der Waals surface area contributed by atoms with Crippen LogP contribution in [0.3, 0.4) is 0 Å². The SMILES string of the molecule is CCC(C)N1CCN(CCNCCc2ccsc2)CC1. The molecule has 1 fully saturated rings. The van der Waals surface area contributed by atoms with Gasteiger partial charge in [-0.1, -0.05) is 6.92 Å². The van der Waals surface area contributed by atoms with Crippen LogP contribution < -0.4 is 5.32 Å². The molecule has 114 valence electrons. The van der Waals surface area contributed by atoms with E-state index in [0.29, 0.717) is 0 Å². The van der Waals surface area contributed by atoms with Crippen LogP contribution in [0.2, 0.25) is 0 Å². The molecular weight excluding hydrogens is 266 g/mol. The number of nitrogens with one attached hydrogen (secondary N) is 1. The van der Waals surface area contributed by atoms with Gasteiger partial charge in [-0.05, 0) is 48.7 Å². The molecule has 0 spiro atoms. The minimum atomic E-state index is 0.751. The summed E-state index contributed by atoms with van der Waals surface area (Å²) in [5, 5.41) is 7.97. The van der Waals surface area contributed by atoms with Crippen molar-refractivity contribution in [2.24, 2.45) is 0 Å². The second-order valence-electron chi connectivity index (χ2n) is 5.77. The van der Waals surface area contributed by atoms with E-state index in [1.54, 1.807) is 11.3 Å². The second-order valence-corrected chi connectivity index (χ2v) is 6.55. The lowest BCUT2D eigenvalue weighted by Gasteiger charge is -2.37. The van der Waals surface area contributed by atoms with Gasteiger partial charge < -0.3 is 5.32 Å². The molecule has 0 amide bonds. The van der Waals surface area contributed by atoms with Gasteiger partial charge in [-0.15, -0.1) is 0 Å². The molecule has 1 saturated heterocycles. The zero-order chi connectivity index (χ0) is 14.2. The molecule has 1 atom stereocenters. The average Bonchev–Trinajstić information content (AvgIpc) is 3.00. The van der Waals surface area contributed by atoms with Gasteiger partial charge in [-0.2, -0.15) is 11.3 Å². The van der Waals surface area contributed by atoms with Crippen molar-refractivity contribution in [1.82, 2.24) is 15.1 Å². The fourth-order valence-corrected chi connectivity index (χ4v) is 3.42. The zero-order valence-corrected chi connectivity index (χ0v) is 13.8. The van der Waals surface area contributed by atoms with Crippen molar-refractivity contribution in [2.45, 2.75) is 32.7 Å². The van der Waals surface area contributed by atoms with Gasteiger partial charge in [-0.3, -0.25) is 9.80 Å². The first-order valence-electron chi connectivity index (χ1n) is 7.97. The van der Waals surface area contributed by atoms with Crippen LogP contribution >= 0.6 is 11.3 Å². The van der Waals surface area contributed by atoms with Crippen molar-refractivity contribution in [3.8, 4) is 0 Å². The summed E-state index contributed by atoms with van der Waals surface area (Å²) in [7, 11) is 0. The molecular formula is C16H29N3S. The molecule has 0 aromatic carbocycles. The van der Waals surface area contributed by atoms with E-state index in [4.69, 9.17) is 0 Å². The lowest BCUT2D eigenvalue weighted by Crippen LogP contribution is -2.50. The van der Waals surface area contributed by atoms with Gasteiger partial charge in [0.25, 0.3) is 0 Å². The summed E-state index contributed by atoms with van der Waals surface area (Å²) in [5.41, 5.74) is 1.46. The molecule has 0 saturated carbocycles. The van der Waals surface area contributed by atoms with Crippen LogP contribution in [0.5, 0.6) is 0 Å². The maximum Gasteiger partial charge on any atom is 0.0113 e. The van der Waals surface area contributed by atoms with Crippen molar-refractivity contribution >= 4 is 11.3 Å². The normalized spacial score (nSPS) is 19.3. The summed E-state index contributed by atoms with van der Waals surface area (Å²) in [5.74, 6) is 0. The summed E-state index contributed by atoms with van der Waals surface area (Å²) < 4.78 is 0. The van der Waals surface area contributed by atoms with Crippen molar-refractivity contribution in [1.29, 1.82) is 0 Å². The molecule has 1 unspecified atom stereocenters. The highest BCUT2D eigenvalue weighted by atomic mass is 32.1. The fourth-order valence-electron chi connectivity index (χ4n) is 2.72. The average molecular weight is 295 g/mol. The Labute approximate surface area is 128 Å². The molecule has 0 aliphatic carbocycles. The number of hydrogen-bond acceptors (Lipinski definition) is 4. The lowest BCUT2D eigenvalue weighted by molar-refractivity contribution is 0.101. The number of piperazine rings is 1. The Bertz CT molecular complexity index is 345. The highest BCUT2D eigenvalue weighted by molar-refractivity contribution is 7.07. The van der Waals surface area contributed by atoms with E-state index in [1.165, 1.54) is 44.7 Å². The monoisotopic (exact) mass is 295 g/mol. The Morgan fingerprint density at radius 2 is 2.05 bits per heavy atom. The molecule has 1 aliphatic heterocycles. The minimum Gasteiger partial charge on any atom is -0.315 e. The number of rotatable bonds is 8. The molecule has 1 aromatic heterocycles. The van der Waals surface area contributed by atoms with Crippen molar-refractivity contribution in [3.63, 3.8) is 0 Å². The van der Waals surface area contributed by atoms with Gasteiger partial charge in [0.05, 0.1) is 0 Å². The molecule has 1 N–H and O–H groups in total. The third-order valence-electron chi connectivity index (χ3n) is 4.40. The van der Waals surface area contributed by atoms with Crippen molar-refractivity contribution < 1.29 is 0 Å². The standard InChI is InChI=1S/C16H29N3S/c1-3-15(2)19-11-9-18(10-12-19)8-7-17-6-4-16-5-13-20-14-16/h5,13-15,17H,3-4,6-12H2,1-2H3. The van der Waals surface area contributed by atoms with Crippen LogP contribution in [0.1, 0.15) is 25.8 Å². The van der Waals surface area contributed by atoms with E-state index >= 15 is 0 Å². The van der Waals surface area contributed by atoms with E-state index in [1.807, 2.05) is 0 Å². The number of thiophene rings is 1. The maximum absolute atomic E-state index is 3.57. The maximum atomic E-state index is 3.57. The van der Waals surface area contributed by atoms with E-state index in [9.17, 15) is 0 Å². The van der Waals surface area contributed by atoms with E-state index in [2.05, 4.69) is 45.8 Å². The quantitative estimate of drug-likeness (QED) is 0.743. The van der Waals surface area contributed by atoms with Gasteiger partial charge in [-0.25, -0.2) is 0 Å². The molecule has 0 radical (unpaired) electrons. The molecule has 1 aromatic rings. The van der Waals surface area contributed by atoms with E-state index < -0.39 is 0 Å². The Balaban J connectivity index is 1.51. The van der Waals surface area contributed by atoms with Crippen LogP contribution in [0.4, 0.5) is 0 Å². The Hall–Kier alpha value is -0.420. The highest BCUT2D eigenvalue weighted by Crippen LogP contribution is 2.08. The summed E-state index contributed by atoms with van der Waals surface area (Å²) in [6.45, 7) is 13.0. The van der Waals surface area contributed by atoms with Gasteiger partial charge in [0.1, 0.15) is 0 Å². The lowest BCUT2D eigenvalue weighted by atomic mass is 10.2. The number of hydrogen-bond donors (Lipinski definition) is 1. The summed E-state index contributed by atoms with van der Waals surface area (Å²) in [6.07, 6.45) is 2.43. The summed E-state index contributed by atoms with van der Waals surface area (Å²) in [6, 6.07) is 2.97. The molecule has 20 heavy (non-hydrogen) atoms. The molecule has 0 bridgehead atoms. The minimum absolute atomic E-state index is 0.751. The van der Waals surface area contributed by atoms with Crippen LogP contribution in [0.15, 0.2) is 16.8 Å². The predicted molar refractivity (Wildman–Crippen MR) is 88.7 cm³/mol. The van der Waals surface area contributed by atoms with Crippen molar-refractivity contribution in [2.75, 3.05) is 45.8 Å². The smallest absolute Gasteiger partial charge is 0.0113 e. The largest absolute Gasteiger partial charge is 0.315 e. The van der Waals surface area contributed by atoms with Crippen LogP contribution in [0, 0.1) is 0 Å². The van der Waals surface area contributed by atoms with Gasteiger partial charge in [0.15, 0.2) is 0 Å². The highest BCUT2D eigenvalue weighted by Gasteiger charge is 2.19. The van der Waals surface area contributed by atoms with Gasteiger partial charge >= 0.3 is 0 Å². The first kappa shape index (κ1) is 16.0. The second kappa shape index (κ2) is 8.78. The first-order chi connectivity index (χ1) is 9.79. The molecule has 4 heteroatoms. The Morgan fingerprint density at radius 3 is 2.70 bits per heavy atom. The topological polar surface area (TPSA) is 18.5 Å².